The lowest BCUT2D eigenvalue weighted by Crippen LogP contribution is -2.12. The molecule has 0 atom stereocenters. The second kappa shape index (κ2) is 5.14. The van der Waals surface area contributed by atoms with E-state index in [1.807, 2.05) is 0 Å². The van der Waals surface area contributed by atoms with Gasteiger partial charge in [0.25, 0.3) is 0 Å². The summed E-state index contributed by atoms with van der Waals surface area (Å²) in [5.41, 5.74) is 2.32. The highest BCUT2D eigenvalue weighted by atomic mass is 19.4. The van der Waals surface area contributed by atoms with Crippen molar-refractivity contribution in [2.45, 2.75) is 25.7 Å². The lowest BCUT2D eigenvalue weighted by atomic mass is 10.0. The zero-order valence-corrected chi connectivity index (χ0v) is 9.86. The topological polar surface area (TPSA) is 26.0 Å². The molecule has 1 nitrogen and oxygen atoms in total. The molecule has 0 unspecified atom stereocenters. The summed E-state index contributed by atoms with van der Waals surface area (Å²) in [4.78, 5) is 0. The summed E-state index contributed by atoms with van der Waals surface area (Å²) in [6.45, 7) is 1.67. The van der Waals surface area contributed by atoms with Crippen molar-refractivity contribution in [3.05, 3.63) is 41.0 Å². The molecule has 1 rings (SSSR count). The maximum absolute atomic E-state index is 12.6. The van der Waals surface area contributed by atoms with Gasteiger partial charge < -0.3 is 5.73 Å². The smallest absolute Gasteiger partial charge is 0.399 e. The van der Waals surface area contributed by atoms with E-state index in [0.717, 1.165) is 0 Å². The van der Waals surface area contributed by atoms with E-state index >= 15 is 0 Å². The molecular formula is C12H11F6N. The first kappa shape index (κ1) is 15.4. The predicted octanol–water partition coefficient (Wildman–Crippen LogP) is 4.43. The first-order valence-corrected chi connectivity index (χ1v) is 5.31. The third-order valence-corrected chi connectivity index (χ3v) is 2.35. The highest BCUT2D eigenvalue weighted by molar-refractivity contribution is 5.64. The number of halogens is 6. The SMILES string of the molecule is CC/C=C(/N)c1cc(C(F)(F)F)cc(C(F)(F)F)c1. The molecule has 0 fully saturated rings. The number of allylic oxidation sites excluding steroid dienone is 1. The van der Waals surface area contributed by atoms with Crippen molar-refractivity contribution >= 4 is 5.70 Å². The quantitative estimate of drug-likeness (QED) is 0.798. The fraction of sp³-hybridized carbons (Fsp3) is 0.333. The Morgan fingerprint density at radius 1 is 1.00 bits per heavy atom. The van der Waals surface area contributed by atoms with E-state index in [1.54, 1.807) is 6.92 Å². The molecule has 0 spiro atoms. The molecule has 0 aliphatic carbocycles. The Balaban J connectivity index is 3.46. The van der Waals surface area contributed by atoms with Gasteiger partial charge in [-0.05, 0) is 30.2 Å². The molecular weight excluding hydrogens is 272 g/mol. The molecule has 0 aromatic heterocycles. The van der Waals surface area contributed by atoms with Gasteiger partial charge in [0.2, 0.25) is 0 Å². The Hall–Kier alpha value is -1.66. The summed E-state index contributed by atoms with van der Waals surface area (Å²) in [6, 6.07) is 1.29. The average molecular weight is 283 g/mol. The van der Waals surface area contributed by atoms with E-state index in [4.69, 9.17) is 5.73 Å². The molecule has 0 saturated carbocycles. The van der Waals surface area contributed by atoms with Crippen molar-refractivity contribution in [2.75, 3.05) is 0 Å². The van der Waals surface area contributed by atoms with Gasteiger partial charge in [0.15, 0.2) is 0 Å². The van der Waals surface area contributed by atoms with E-state index in [2.05, 4.69) is 0 Å². The van der Waals surface area contributed by atoms with Gasteiger partial charge in [0.05, 0.1) is 11.1 Å². The lowest BCUT2D eigenvalue weighted by molar-refractivity contribution is -0.143. The van der Waals surface area contributed by atoms with Crippen LogP contribution in [-0.2, 0) is 12.4 Å². The highest BCUT2D eigenvalue weighted by Crippen LogP contribution is 2.37. The van der Waals surface area contributed by atoms with Crippen molar-refractivity contribution < 1.29 is 26.3 Å². The van der Waals surface area contributed by atoms with E-state index in [0.29, 0.717) is 18.6 Å². The van der Waals surface area contributed by atoms with Gasteiger partial charge in [-0.15, -0.1) is 0 Å². The molecule has 0 aliphatic heterocycles. The zero-order valence-electron chi connectivity index (χ0n) is 9.86. The predicted molar refractivity (Wildman–Crippen MR) is 58.9 cm³/mol. The Kier molecular flexibility index (Phi) is 4.17. The van der Waals surface area contributed by atoms with Gasteiger partial charge in [-0.1, -0.05) is 13.0 Å². The summed E-state index contributed by atoms with van der Waals surface area (Å²) >= 11 is 0. The maximum Gasteiger partial charge on any atom is 0.416 e. The van der Waals surface area contributed by atoms with Crippen LogP contribution in [0.4, 0.5) is 26.3 Å². The van der Waals surface area contributed by atoms with E-state index < -0.39 is 23.5 Å². The number of benzene rings is 1. The third kappa shape index (κ3) is 3.90. The van der Waals surface area contributed by atoms with Gasteiger partial charge in [-0.2, -0.15) is 26.3 Å². The molecule has 1 aromatic carbocycles. The Bertz CT molecular complexity index is 452. The number of nitrogens with two attached hydrogens (primary N) is 1. The number of rotatable bonds is 2. The molecule has 0 radical (unpaired) electrons. The van der Waals surface area contributed by atoms with Gasteiger partial charge in [0.1, 0.15) is 0 Å². The molecule has 0 heterocycles. The Morgan fingerprint density at radius 2 is 1.42 bits per heavy atom. The van der Waals surface area contributed by atoms with Crippen LogP contribution in [0.25, 0.3) is 5.70 Å². The summed E-state index contributed by atoms with van der Waals surface area (Å²) < 4.78 is 75.3. The molecule has 0 aliphatic rings. The van der Waals surface area contributed by atoms with Crippen LogP contribution in [0.2, 0.25) is 0 Å². The molecule has 0 saturated heterocycles. The first-order chi connectivity index (χ1) is 8.55. The van der Waals surface area contributed by atoms with E-state index in [9.17, 15) is 26.3 Å². The normalized spacial score (nSPS) is 13.7. The maximum atomic E-state index is 12.6. The van der Waals surface area contributed by atoms with Crippen LogP contribution >= 0.6 is 0 Å². The van der Waals surface area contributed by atoms with Crippen LogP contribution < -0.4 is 5.73 Å². The largest absolute Gasteiger partial charge is 0.416 e. The molecule has 7 heteroatoms. The van der Waals surface area contributed by atoms with Crippen molar-refractivity contribution in [1.29, 1.82) is 0 Å². The van der Waals surface area contributed by atoms with Gasteiger partial charge in [-0.25, -0.2) is 0 Å². The summed E-state index contributed by atoms with van der Waals surface area (Å²) in [6.07, 6.45) is -7.95. The van der Waals surface area contributed by atoms with Crippen LogP contribution in [-0.4, -0.2) is 0 Å². The fourth-order valence-corrected chi connectivity index (χ4v) is 1.46. The minimum absolute atomic E-state index is 0.0721. The minimum atomic E-state index is -4.86. The second-order valence-electron chi connectivity index (χ2n) is 3.86. The van der Waals surface area contributed by atoms with Crippen molar-refractivity contribution in [3.8, 4) is 0 Å². The number of hydrogen-bond acceptors (Lipinski definition) is 1. The molecule has 2 N–H and O–H groups in total. The molecule has 1 aromatic rings. The molecule has 19 heavy (non-hydrogen) atoms. The van der Waals surface area contributed by atoms with Crippen LogP contribution in [0.3, 0.4) is 0 Å². The Labute approximate surface area is 105 Å². The second-order valence-corrected chi connectivity index (χ2v) is 3.86. The van der Waals surface area contributed by atoms with Gasteiger partial charge in [-0.3, -0.25) is 0 Å². The first-order valence-electron chi connectivity index (χ1n) is 5.31. The van der Waals surface area contributed by atoms with Crippen LogP contribution in [0.15, 0.2) is 24.3 Å². The lowest BCUT2D eigenvalue weighted by Gasteiger charge is -2.14. The molecule has 0 amide bonds. The molecule has 0 bridgehead atoms. The minimum Gasteiger partial charge on any atom is -0.399 e. The summed E-state index contributed by atoms with van der Waals surface area (Å²) in [5.74, 6) is 0. The molecule has 106 valence electrons. The monoisotopic (exact) mass is 283 g/mol. The van der Waals surface area contributed by atoms with Gasteiger partial charge >= 0.3 is 12.4 Å². The highest BCUT2D eigenvalue weighted by Gasteiger charge is 2.36. The van der Waals surface area contributed by atoms with Crippen molar-refractivity contribution in [2.24, 2.45) is 5.73 Å². The Morgan fingerprint density at radius 3 is 1.74 bits per heavy atom. The third-order valence-electron chi connectivity index (χ3n) is 2.35. The van der Waals surface area contributed by atoms with Gasteiger partial charge in [0, 0.05) is 5.70 Å². The van der Waals surface area contributed by atoms with Crippen molar-refractivity contribution in [3.63, 3.8) is 0 Å². The fourth-order valence-electron chi connectivity index (χ4n) is 1.46. The summed E-state index contributed by atoms with van der Waals surface area (Å²) in [5, 5.41) is 0. The van der Waals surface area contributed by atoms with Crippen LogP contribution in [0.5, 0.6) is 0 Å². The van der Waals surface area contributed by atoms with Crippen molar-refractivity contribution in [1.82, 2.24) is 0 Å². The zero-order chi connectivity index (χ0) is 14.8. The van der Waals surface area contributed by atoms with E-state index in [1.165, 1.54) is 6.08 Å². The summed E-state index contributed by atoms with van der Waals surface area (Å²) in [7, 11) is 0. The van der Waals surface area contributed by atoms with E-state index in [-0.39, 0.29) is 17.3 Å². The number of hydrogen-bond donors (Lipinski definition) is 1. The van der Waals surface area contributed by atoms with Crippen LogP contribution in [0.1, 0.15) is 30.0 Å². The van der Waals surface area contributed by atoms with Crippen LogP contribution in [0, 0.1) is 0 Å². The standard InChI is InChI=1S/C12H11F6N/c1-2-3-10(19)7-4-8(11(13,14)15)6-9(5-7)12(16,17)18/h3-6H,2,19H2,1H3/b10-3+. The number of alkyl halides is 6. The average Bonchev–Trinajstić information content (AvgIpc) is 2.26.